The first-order valence-electron chi connectivity index (χ1n) is 10.6. The number of hydrogen-bond acceptors (Lipinski definition) is 9. The molecule has 186 valence electrons. The zero-order chi connectivity index (χ0) is 25.0. The van der Waals surface area contributed by atoms with Gasteiger partial charge in [-0.15, -0.1) is 5.10 Å². The number of nitrogens with one attached hydrogen (secondary N) is 1. The van der Waals surface area contributed by atoms with Crippen LogP contribution in [0.2, 0.25) is 0 Å². The van der Waals surface area contributed by atoms with Crippen molar-refractivity contribution in [1.82, 2.24) is 29.4 Å². The van der Waals surface area contributed by atoms with Gasteiger partial charge in [-0.05, 0) is 35.5 Å². The molecule has 3 rings (SSSR count). The molecule has 2 amide bonds. The number of hydrogen-bond donors (Lipinski definition) is 2. The molecule has 3 atom stereocenters. The highest BCUT2D eigenvalue weighted by atomic mass is 32.2. The van der Waals surface area contributed by atoms with Crippen LogP contribution in [0.5, 0.6) is 5.75 Å². The Balaban J connectivity index is 1.92. The predicted octanol–water partition coefficient (Wildman–Crippen LogP) is -0.577. The van der Waals surface area contributed by atoms with Gasteiger partial charge < -0.3 is 20.1 Å². The van der Waals surface area contributed by atoms with Crippen LogP contribution in [0.15, 0.2) is 24.5 Å². The third kappa shape index (κ3) is 6.07. The number of nitrogens with zero attached hydrogens (tertiary/aromatic N) is 6. The van der Waals surface area contributed by atoms with Crippen LogP contribution in [0.25, 0.3) is 0 Å². The number of anilines is 1. The number of benzene rings is 1. The van der Waals surface area contributed by atoms with Crippen molar-refractivity contribution in [3.05, 3.63) is 30.1 Å². The van der Waals surface area contributed by atoms with Crippen molar-refractivity contribution in [3.63, 3.8) is 0 Å². The second-order valence-electron chi connectivity index (χ2n) is 8.43. The van der Waals surface area contributed by atoms with Crippen molar-refractivity contribution >= 4 is 27.5 Å². The number of sulfonamides is 1. The fraction of sp³-hybridized carbons (Fsp3) is 0.550. The minimum Gasteiger partial charge on any atom is -0.488 e. The second kappa shape index (κ2) is 10.4. The number of carbonyl (C=O) groups excluding carboxylic acids is 2. The summed E-state index contributed by atoms with van der Waals surface area (Å²) in [7, 11) is -1.98. The van der Waals surface area contributed by atoms with E-state index in [2.05, 4.69) is 20.8 Å². The molecular weight excluding hydrogens is 466 g/mol. The summed E-state index contributed by atoms with van der Waals surface area (Å²) in [6.07, 6.45) is 1.86. The average molecular weight is 496 g/mol. The molecule has 0 unspecified atom stereocenters. The van der Waals surface area contributed by atoms with E-state index in [0.717, 1.165) is 6.26 Å². The summed E-state index contributed by atoms with van der Waals surface area (Å²) in [5.74, 6) is -0.730. The monoisotopic (exact) mass is 495 g/mol. The van der Waals surface area contributed by atoms with Gasteiger partial charge in [0.15, 0.2) is 0 Å². The van der Waals surface area contributed by atoms with Crippen LogP contribution in [0, 0.1) is 5.92 Å². The lowest BCUT2D eigenvalue weighted by Gasteiger charge is -2.38. The zero-order valence-electron chi connectivity index (χ0n) is 19.4. The van der Waals surface area contributed by atoms with Crippen molar-refractivity contribution in [2.75, 3.05) is 38.3 Å². The summed E-state index contributed by atoms with van der Waals surface area (Å²) in [5, 5.41) is 23.0. The minimum atomic E-state index is -3.44. The van der Waals surface area contributed by atoms with Crippen molar-refractivity contribution in [1.29, 1.82) is 0 Å². The summed E-state index contributed by atoms with van der Waals surface area (Å²) in [6, 6.07) is 4.17. The van der Waals surface area contributed by atoms with Crippen LogP contribution >= 0.6 is 0 Å². The molecule has 34 heavy (non-hydrogen) atoms. The summed E-state index contributed by atoms with van der Waals surface area (Å²) in [4.78, 5) is 27.3. The van der Waals surface area contributed by atoms with Crippen molar-refractivity contribution in [3.8, 4) is 5.75 Å². The third-order valence-electron chi connectivity index (χ3n) is 5.65. The SMILES string of the molecule is C[C@H]1CN([C@@H](C)CO)C(=O)c2cc(NC(=O)Cn3cnnn3)ccc2O[C@H]1CN(C)S(C)(=O)=O. The van der Waals surface area contributed by atoms with Gasteiger partial charge in [-0.1, -0.05) is 6.92 Å². The smallest absolute Gasteiger partial charge is 0.258 e. The highest BCUT2D eigenvalue weighted by Crippen LogP contribution is 2.30. The van der Waals surface area contributed by atoms with Gasteiger partial charge in [0.25, 0.3) is 5.91 Å². The molecule has 2 N–H and O–H groups in total. The molecular formula is C20H29N7O6S. The molecule has 1 aromatic heterocycles. The number of amides is 2. The van der Waals surface area contributed by atoms with Gasteiger partial charge in [0.2, 0.25) is 15.9 Å². The fourth-order valence-electron chi connectivity index (χ4n) is 3.51. The van der Waals surface area contributed by atoms with Crippen LogP contribution in [-0.4, -0.2) is 99.9 Å². The molecule has 1 aromatic carbocycles. The normalized spacial score (nSPS) is 19.7. The van der Waals surface area contributed by atoms with Crippen molar-refractivity contribution < 1.29 is 27.9 Å². The lowest BCUT2D eigenvalue weighted by molar-refractivity contribution is -0.116. The number of carbonyl (C=O) groups is 2. The average Bonchev–Trinajstić information content (AvgIpc) is 3.28. The van der Waals surface area contributed by atoms with E-state index < -0.39 is 28.1 Å². The Kier molecular flexibility index (Phi) is 7.84. The van der Waals surface area contributed by atoms with Crippen LogP contribution in [0.3, 0.4) is 0 Å². The van der Waals surface area contributed by atoms with Gasteiger partial charge >= 0.3 is 0 Å². The Labute approximate surface area is 197 Å². The zero-order valence-corrected chi connectivity index (χ0v) is 20.3. The molecule has 1 aliphatic heterocycles. The Morgan fingerprint density at radius 1 is 1.41 bits per heavy atom. The molecule has 0 radical (unpaired) electrons. The topological polar surface area (TPSA) is 160 Å². The van der Waals surface area contributed by atoms with E-state index in [1.807, 2.05) is 6.92 Å². The van der Waals surface area contributed by atoms with Gasteiger partial charge in [-0.25, -0.2) is 17.4 Å². The summed E-state index contributed by atoms with van der Waals surface area (Å²) in [5.41, 5.74) is 0.559. The lowest BCUT2D eigenvalue weighted by Crippen LogP contribution is -2.50. The fourth-order valence-corrected chi connectivity index (χ4v) is 3.93. The van der Waals surface area contributed by atoms with E-state index in [1.54, 1.807) is 19.1 Å². The molecule has 0 saturated heterocycles. The predicted molar refractivity (Wildman–Crippen MR) is 122 cm³/mol. The van der Waals surface area contributed by atoms with Gasteiger partial charge in [-0.3, -0.25) is 9.59 Å². The maximum atomic E-state index is 13.4. The maximum absolute atomic E-state index is 13.4. The Hall–Kier alpha value is -3.10. The molecule has 0 aliphatic carbocycles. The molecule has 0 spiro atoms. The van der Waals surface area contributed by atoms with E-state index >= 15 is 0 Å². The molecule has 2 heterocycles. The Morgan fingerprint density at radius 2 is 2.15 bits per heavy atom. The van der Waals surface area contributed by atoms with E-state index in [1.165, 1.54) is 33.3 Å². The number of ether oxygens (including phenoxy) is 1. The highest BCUT2D eigenvalue weighted by Gasteiger charge is 2.34. The van der Waals surface area contributed by atoms with Crippen LogP contribution in [0.1, 0.15) is 24.2 Å². The van der Waals surface area contributed by atoms with Crippen molar-refractivity contribution in [2.45, 2.75) is 32.5 Å². The van der Waals surface area contributed by atoms with Crippen LogP contribution in [-0.2, 0) is 21.4 Å². The maximum Gasteiger partial charge on any atom is 0.258 e. The number of aliphatic hydroxyl groups is 1. The summed E-state index contributed by atoms with van der Waals surface area (Å²) in [6.45, 7) is 3.56. The number of tetrazole rings is 1. The van der Waals surface area contributed by atoms with Gasteiger partial charge in [0.1, 0.15) is 24.7 Å². The minimum absolute atomic E-state index is 0.0827. The van der Waals surface area contributed by atoms with Gasteiger partial charge in [0.05, 0.1) is 31.0 Å². The molecule has 2 aromatic rings. The first-order chi connectivity index (χ1) is 16.0. The molecule has 0 bridgehead atoms. The summed E-state index contributed by atoms with van der Waals surface area (Å²) < 4.78 is 32.5. The van der Waals surface area contributed by atoms with E-state index in [-0.39, 0.29) is 49.4 Å². The van der Waals surface area contributed by atoms with E-state index in [9.17, 15) is 23.1 Å². The van der Waals surface area contributed by atoms with Gasteiger partial charge in [0, 0.05) is 25.2 Å². The first-order valence-corrected chi connectivity index (χ1v) is 12.5. The van der Waals surface area contributed by atoms with Crippen molar-refractivity contribution in [2.24, 2.45) is 5.92 Å². The first kappa shape index (κ1) is 25.5. The number of rotatable bonds is 8. The molecule has 13 nitrogen and oxygen atoms in total. The number of aromatic nitrogens is 4. The van der Waals surface area contributed by atoms with Gasteiger partial charge in [-0.2, -0.15) is 0 Å². The second-order valence-corrected chi connectivity index (χ2v) is 10.5. The van der Waals surface area contributed by atoms with Crippen LogP contribution in [0.4, 0.5) is 5.69 Å². The quantitative estimate of drug-likeness (QED) is 0.488. The van der Waals surface area contributed by atoms with Crippen LogP contribution < -0.4 is 10.1 Å². The molecule has 0 fully saturated rings. The van der Waals surface area contributed by atoms with E-state index in [0.29, 0.717) is 5.69 Å². The summed E-state index contributed by atoms with van der Waals surface area (Å²) >= 11 is 0. The number of likely N-dealkylation sites (N-methyl/N-ethyl adjacent to an activating group) is 1. The standard InChI is InChI=1S/C20H29N7O6S/c1-13-8-27(14(2)11-28)20(30)16-7-15(22-19(29)10-26-12-21-23-24-26)5-6-17(16)33-18(13)9-25(3)34(4,31)32/h5-7,12-14,18,28H,8-11H2,1-4H3,(H,22,29)/t13-,14-,18-/m0/s1. The Morgan fingerprint density at radius 3 is 2.76 bits per heavy atom. The molecule has 1 aliphatic rings. The van der Waals surface area contributed by atoms with E-state index in [4.69, 9.17) is 4.74 Å². The largest absolute Gasteiger partial charge is 0.488 e. The number of fused-ring (bicyclic) bond motifs is 1. The molecule has 0 saturated carbocycles. The Bertz CT molecular complexity index is 1120. The molecule has 14 heteroatoms. The number of aliphatic hydroxyl groups excluding tert-OH is 1. The third-order valence-corrected chi connectivity index (χ3v) is 6.93. The lowest BCUT2D eigenvalue weighted by atomic mass is 9.99. The highest BCUT2D eigenvalue weighted by molar-refractivity contribution is 7.88.